The summed E-state index contributed by atoms with van der Waals surface area (Å²) in [5, 5.41) is 5.54. The van der Waals surface area contributed by atoms with E-state index >= 15 is 0 Å². The van der Waals surface area contributed by atoms with Crippen LogP contribution in [-0.2, 0) is 4.79 Å². The highest BCUT2D eigenvalue weighted by Gasteiger charge is 2.25. The van der Waals surface area contributed by atoms with Crippen molar-refractivity contribution in [1.29, 1.82) is 0 Å². The van der Waals surface area contributed by atoms with Gasteiger partial charge in [0.2, 0.25) is 0 Å². The molecule has 5 nitrogen and oxygen atoms in total. The van der Waals surface area contributed by atoms with Crippen LogP contribution in [0.4, 0.5) is 11.4 Å². The fourth-order valence-corrected chi connectivity index (χ4v) is 2.12. The number of para-hydroxylation sites is 1. The summed E-state index contributed by atoms with van der Waals surface area (Å²) in [5.74, 6) is 0.0775. The molecule has 21 heavy (non-hydrogen) atoms. The van der Waals surface area contributed by atoms with Gasteiger partial charge in [-0.25, -0.2) is 0 Å². The second kappa shape index (κ2) is 5.28. The molecule has 2 aromatic carbocycles. The van der Waals surface area contributed by atoms with E-state index in [4.69, 9.17) is 4.74 Å². The molecule has 0 saturated heterocycles. The number of nitrogens with one attached hydrogen (secondary N) is 2. The van der Waals surface area contributed by atoms with Gasteiger partial charge in [0.15, 0.2) is 6.10 Å². The molecule has 2 amide bonds. The average molecular weight is 282 g/mol. The number of rotatable bonds is 2. The number of amides is 2. The Morgan fingerprint density at radius 1 is 1.14 bits per heavy atom. The third-order valence-electron chi connectivity index (χ3n) is 3.23. The summed E-state index contributed by atoms with van der Waals surface area (Å²) in [6, 6.07) is 14.1. The Balaban J connectivity index is 1.89. The Morgan fingerprint density at radius 2 is 1.90 bits per heavy atom. The van der Waals surface area contributed by atoms with Crippen LogP contribution in [0.5, 0.6) is 5.75 Å². The molecule has 0 aromatic heterocycles. The van der Waals surface area contributed by atoms with Crippen molar-refractivity contribution in [3.8, 4) is 5.75 Å². The van der Waals surface area contributed by atoms with Crippen molar-refractivity contribution in [3.05, 3.63) is 54.1 Å². The number of hydrogen-bond acceptors (Lipinski definition) is 3. The molecule has 0 aliphatic carbocycles. The second-order valence-corrected chi connectivity index (χ2v) is 4.75. The maximum Gasteiger partial charge on any atom is 0.265 e. The fourth-order valence-electron chi connectivity index (χ4n) is 2.12. The largest absolute Gasteiger partial charge is 0.479 e. The molecule has 2 aromatic rings. The van der Waals surface area contributed by atoms with E-state index in [1.54, 1.807) is 49.4 Å². The summed E-state index contributed by atoms with van der Waals surface area (Å²) in [4.78, 5) is 23.9. The van der Waals surface area contributed by atoms with E-state index in [-0.39, 0.29) is 11.8 Å². The molecule has 3 rings (SSSR count). The number of carbonyl (C=O) groups is 2. The molecule has 0 spiro atoms. The van der Waals surface area contributed by atoms with E-state index in [2.05, 4.69) is 10.6 Å². The number of fused-ring (bicyclic) bond motifs is 1. The highest BCUT2D eigenvalue weighted by molar-refractivity contribution is 6.09. The Labute approximate surface area is 121 Å². The highest BCUT2D eigenvalue weighted by Crippen LogP contribution is 2.36. The molecule has 1 heterocycles. The van der Waals surface area contributed by atoms with Gasteiger partial charge in [0.05, 0.1) is 5.69 Å². The SMILES string of the molecule is CC1Oc2cccc(NC(=O)c3ccccc3)c2NC1=O. The first kappa shape index (κ1) is 13.2. The van der Waals surface area contributed by atoms with Crippen molar-refractivity contribution in [3.63, 3.8) is 0 Å². The fraction of sp³-hybridized carbons (Fsp3) is 0.125. The lowest BCUT2D eigenvalue weighted by Crippen LogP contribution is -2.34. The molecule has 0 saturated carbocycles. The molecule has 106 valence electrons. The first-order chi connectivity index (χ1) is 10.1. The zero-order valence-electron chi connectivity index (χ0n) is 11.4. The third-order valence-corrected chi connectivity index (χ3v) is 3.23. The van der Waals surface area contributed by atoms with Crippen molar-refractivity contribution < 1.29 is 14.3 Å². The minimum Gasteiger partial charge on any atom is -0.479 e. The predicted molar refractivity (Wildman–Crippen MR) is 79.6 cm³/mol. The Morgan fingerprint density at radius 3 is 2.67 bits per heavy atom. The second-order valence-electron chi connectivity index (χ2n) is 4.75. The predicted octanol–water partition coefficient (Wildman–Crippen LogP) is 2.66. The third kappa shape index (κ3) is 2.58. The van der Waals surface area contributed by atoms with Gasteiger partial charge in [-0.15, -0.1) is 0 Å². The summed E-state index contributed by atoms with van der Waals surface area (Å²) in [6.07, 6.45) is -0.544. The molecular weight excluding hydrogens is 268 g/mol. The Bertz CT molecular complexity index is 698. The Kier molecular flexibility index (Phi) is 3.31. The van der Waals surface area contributed by atoms with E-state index in [1.165, 1.54) is 0 Å². The number of benzene rings is 2. The van der Waals surface area contributed by atoms with Gasteiger partial charge in [-0.2, -0.15) is 0 Å². The summed E-state index contributed by atoms with van der Waals surface area (Å²) in [6.45, 7) is 1.67. The number of anilines is 2. The first-order valence-corrected chi connectivity index (χ1v) is 6.62. The molecule has 1 atom stereocenters. The van der Waals surface area contributed by atoms with Crippen LogP contribution in [0, 0.1) is 0 Å². The highest BCUT2D eigenvalue weighted by atomic mass is 16.5. The van der Waals surface area contributed by atoms with Gasteiger partial charge >= 0.3 is 0 Å². The number of hydrogen-bond donors (Lipinski definition) is 2. The minimum absolute atomic E-state index is 0.232. The van der Waals surface area contributed by atoms with E-state index in [0.29, 0.717) is 22.7 Å². The lowest BCUT2D eigenvalue weighted by atomic mass is 10.1. The van der Waals surface area contributed by atoms with Crippen molar-refractivity contribution in [2.75, 3.05) is 10.6 Å². The summed E-state index contributed by atoms with van der Waals surface area (Å²) < 4.78 is 5.51. The topological polar surface area (TPSA) is 67.4 Å². The first-order valence-electron chi connectivity index (χ1n) is 6.62. The molecule has 2 N–H and O–H groups in total. The van der Waals surface area contributed by atoms with Crippen LogP contribution >= 0.6 is 0 Å². The van der Waals surface area contributed by atoms with Crippen molar-refractivity contribution in [2.45, 2.75) is 13.0 Å². The van der Waals surface area contributed by atoms with Gasteiger partial charge in [0, 0.05) is 5.56 Å². The normalized spacial score (nSPS) is 16.4. The molecule has 1 aliphatic heterocycles. The van der Waals surface area contributed by atoms with Crippen LogP contribution in [0.2, 0.25) is 0 Å². The number of ether oxygens (including phenoxy) is 1. The summed E-state index contributed by atoms with van der Waals surface area (Å²) in [7, 11) is 0. The molecule has 1 aliphatic rings. The maximum atomic E-state index is 12.2. The van der Waals surface area contributed by atoms with E-state index < -0.39 is 6.10 Å². The maximum absolute atomic E-state index is 12.2. The standard InChI is InChI=1S/C16H14N2O3/c1-10-15(19)18-14-12(8-5-9-13(14)21-10)17-16(20)11-6-3-2-4-7-11/h2-10H,1H3,(H,17,20)(H,18,19). The van der Waals surface area contributed by atoms with Crippen molar-refractivity contribution in [1.82, 2.24) is 0 Å². The van der Waals surface area contributed by atoms with Crippen LogP contribution in [0.15, 0.2) is 48.5 Å². The van der Waals surface area contributed by atoms with Crippen LogP contribution in [0.1, 0.15) is 17.3 Å². The van der Waals surface area contributed by atoms with Gasteiger partial charge in [0.25, 0.3) is 11.8 Å². The van der Waals surface area contributed by atoms with Gasteiger partial charge < -0.3 is 15.4 Å². The monoisotopic (exact) mass is 282 g/mol. The quantitative estimate of drug-likeness (QED) is 0.889. The molecule has 0 bridgehead atoms. The van der Waals surface area contributed by atoms with Gasteiger partial charge in [0.1, 0.15) is 11.4 Å². The number of carbonyl (C=O) groups excluding carboxylic acids is 2. The average Bonchev–Trinajstić information content (AvgIpc) is 2.50. The van der Waals surface area contributed by atoms with Crippen LogP contribution in [0.25, 0.3) is 0 Å². The Hall–Kier alpha value is -2.82. The summed E-state index contributed by atoms with van der Waals surface area (Å²) in [5.41, 5.74) is 1.55. The minimum atomic E-state index is -0.544. The molecular formula is C16H14N2O3. The summed E-state index contributed by atoms with van der Waals surface area (Å²) >= 11 is 0. The molecule has 1 unspecified atom stereocenters. The van der Waals surface area contributed by atoms with E-state index in [9.17, 15) is 9.59 Å². The van der Waals surface area contributed by atoms with E-state index in [0.717, 1.165) is 0 Å². The van der Waals surface area contributed by atoms with Crippen LogP contribution in [0.3, 0.4) is 0 Å². The zero-order valence-corrected chi connectivity index (χ0v) is 11.4. The lowest BCUT2D eigenvalue weighted by molar-refractivity contribution is -0.122. The van der Waals surface area contributed by atoms with Gasteiger partial charge in [-0.1, -0.05) is 24.3 Å². The smallest absolute Gasteiger partial charge is 0.265 e. The van der Waals surface area contributed by atoms with Gasteiger partial charge in [-0.05, 0) is 31.2 Å². The van der Waals surface area contributed by atoms with Crippen molar-refractivity contribution in [2.24, 2.45) is 0 Å². The van der Waals surface area contributed by atoms with Crippen LogP contribution in [-0.4, -0.2) is 17.9 Å². The van der Waals surface area contributed by atoms with Crippen LogP contribution < -0.4 is 15.4 Å². The molecule has 0 radical (unpaired) electrons. The van der Waals surface area contributed by atoms with E-state index in [1.807, 2.05) is 6.07 Å². The molecule has 5 heteroatoms. The molecule has 0 fully saturated rings. The van der Waals surface area contributed by atoms with Gasteiger partial charge in [-0.3, -0.25) is 9.59 Å². The lowest BCUT2D eigenvalue weighted by Gasteiger charge is -2.25. The zero-order chi connectivity index (χ0) is 14.8. The van der Waals surface area contributed by atoms with Crippen molar-refractivity contribution >= 4 is 23.2 Å².